The average molecular weight is 382 g/mol. The van der Waals surface area contributed by atoms with Gasteiger partial charge in [-0.3, -0.25) is 19.3 Å². The van der Waals surface area contributed by atoms with E-state index in [0.717, 1.165) is 11.3 Å². The van der Waals surface area contributed by atoms with E-state index in [4.69, 9.17) is 4.74 Å². The lowest BCUT2D eigenvalue weighted by Crippen LogP contribution is -2.46. The van der Waals surface area contributed by atoms with E-state index in [2.05, 4.69) is 5.32 Å². The summed E-state index contributed by atoms with van der Waals surface area (Å²) >= 11 is 0. The lowest BCUT2D eigenvalue weighted by molar-refractivity contribution is -0.146. The number of nitrogens with zero attached hydrogens (tertiary/aromatic N) is 1. The number of anilines is 1. The number of likely N-dealkylation sites (tertiary alicyclic amines) is 1. The van der Waals surface area contributed by atoms with Gasteiger partial charge in [0.2, 0.25) is 17.7 Å². The number of fused-ring (bicyclic) bond motifs is 5. The summed E-state index contributed by atoms with van der Waals surface area (Å²) < 4.78 is 4.92. The molecule has 1 saturated carbocycles. The van der Waals surface area contributed by atoms with E-state index in [0.29, 0.717) is 11.3 Å². The number of hydrogen-bond donors (Lipinski definition) is 1. The summed E-state index contributed by atoms with van der Waals surface area (Å²) in [5.74, 6) is -1.77. The van der Waals surface area contributed by atoms with Crippen LogP contribution in [0.3, 0.4) is 0 Å². The second-order valence-corrected chi connectivity index (χ2v) is 7.51. The fourth-order valence-electron chi connectivity index (χ4n) is 4.58. The fourth-order valence-corrected chi connectivity index (χ4v) is 4.58. The number of nitrogens with one attached hydrogen (secondary N) is 1. The maximum atomic E-state index is 12.8. The Labute approximate surface area is 162 Å². The van der Waals surface area contributed by atoms with Crippen molar-refractivity contribution in [2.45, 2.75) is 26.3 Å². The first kappa shape index (κ1) is 18.4. The van der Waals surface area contributed by atoms with Gasteiger partial charge in [-0.05, 0) is 56.4 Å². The zero-order chi connectivity index (χ0) is 20.0. The molecule has 0 aromatic heterocycles. The molecule has 1 N–H and O–H groups in total. The van der Waals surface area contributed by atoms with Gasteiger partial charge >= 0.3 is 5.97 Å². The molecule has 4 rings (SSSR count). The van der Waals surface area contributed by atoms with Gasteiger partial charge in [-0.25, -0.2) is 4.79 Å². The number of rotatable bonds is 5. The minimum atomic E-state index is -0.894. The molecule has 0 radical (unpaired) electrons. The normalized spacial score (nSPS) is 28.4. The molecule has 1 aliphatic heterocycles. The number of allylic oxidation sites excluding steroid dienone is 2. The second-order valence-electron chi connectivity index (χ2n) is 7.51. The molecule has 3 aliphatic rings. The molecule has 2 aliphatic carbocycles. The van der Waals surface area contributed by atoms with Crippen LogP contribution in [-0.2, 0) is 19.1 Å². The van der Waals surface area contributed by atoms with Gasteiger partial charge in [0.1, 0.15) is 6.04 Å². The number of carbonyl (C=O) groups excluding carboxylic acids is 4. The molecule has 0 unspecified atom stereocenters. The van der Waals surface area contributed by atoms with Crippen molar-refractivity contribution in [1.29, 1.82) is 0 Å². The molecular formula is C21H22N2O5. The second kappa shape index (κ2) is 6.89. The van der Waals surface area contributed by atoms with Crippen LogP contribution in [-0.4, -0.2) is 41.2 Å². The van der Waals surface area contributed by atoms with Crippen molar-refractivity contribution in [3.05, 3.63) is 42.0 Å². The number of esters is 1. The third-order valence-corrected chi connectivity index (χ3v) is 5.93. The lowest BCUT2D eigenvalue weighted by Gasteiger charge is -2.23. The van der Waals surface area contributed by atoms with Gasteiger partial charge < -0.3 is 10.1 Å². The summed E-state index contributed by atoms with van der Waals surface area (Å²) in [4.78, 5) is 51.1. The first-order chi connectivity index (χ1) is 13.4. The van der Waals surface area contributed by atoms with Crippen LogP contribution in [0.25, 0.3) is 0 Å². The van der Waals surface area contributed by atoms with Crippen LogP contribution in [0, 0.1) is 23.7 Å². The highest BCUT2D eigenvalue weighted by atomic mass is 16.5. The Balaban J connectivity index is 1.43. The SMILES string of the molecule is CCOC(=O)c1ccc(NC(=O)[C@H](C)N2C(=O)[C@@H]3[C@H](C2=O)[C@@H]2C=C[C@H]3C2)cc1. The molecule has 2 fully saturated rings. The minimum absolute atomic E-state index is 0.113. The van der Waals surface area contributed by atoms with Crippen LogP contribution >= 0.6 is 0 Å². The van der Waals surface area contributed by atoms with Gasteiger partial charge in [0, 0.05) is 5.69 Å². The van der Waals surface area contributed by atoms with Crippen LogP contribution in [0.1, 0.15) is 30.6 Å². The molecule has 7 nitrogen and oxygen atoms in total. The van der Waals surface area contributed by atoms with E-state index >= 15 is 0 Å². The van der Waals surface area contributed by atoms with E-state index in [-0.39, 0.29) is 42.1 Å². The highest BCUT2D eigenvalue weighted by molar-refractivity contribution is 6.10. The number of ether oxygens (including phenoxy) is 1. The Morgan fingerprint density at radius 2 is 1.68 bits per heavy atom. The molecule has 5 atom stereocenters. The van der Waals surface area contributed by atoms with E-state index < -0.39 is 17.9 Å². The van der Waals surface area contributed by atoms with Crippen molar-refractivity contribution < 1.29 is 23.9 Å². The third-order valence-electron chi connectivity index (χ3n) is 5.93. The summed E-state index contributed by atoms with van der Waals surface area (Å²) in [7, 11) is 0. The highest BCUT2D eigenvalue weighted by Crippen LogP contribution is 2.52. The van der Waals surface area contributed by atoms with E-state index in [1.807, 2.05) is 12.2 Å². The monoisotopic (exact) mass is 382 g/mol. The number of benzene rings is 1. The Kier molecular flexibility index (Phi) is 4.53. The Hall–Kier alpha value is -2.96. The molecule has 2 bridgehead atoms. The summed E-state index contributed by atoms with van der Waals surface area (Å²) in [5.41, 5.74) is 0.861. The molecular weight excluding hydrogens is 360 g/mol. The predicted molar refractivity (Wildman–Crippen MR) is 100 cm³/mol. The maximum absolute atomic E-state index is 12.8. The van der Waals surface area contributed by atoms with Crippen LogP contribution in [0.2, 0.25) is 0 Å². The molecule has 28 heavy (non-hydrogen) atoms. The summed E-state index contributed by atoms with van der Waals surface area (Å²) in [6.07, 6.45) is 4.90. The highest BCUT2D eigenvalue weighted by Gasteiger charge is 2.60. The summed E-state index contributed by atoms with van der Waals surface area (Å²) in [5, 5.41) is 2.71. The van der Waals surface area contributed by atoms with Crippen LogP contribution in [0.15, 0.2) is 36.4 Å². The standard InChI is InChI=1S/C21H22N2O5/c1-3-28-21(27)12-6-8-15(9-7-12)22-18(24)11(2)23-19(25)16-13-4-5-14(10-13)17(16)20(23)26/h4-9,11,13-14,16-17H,3,10H2,1-2H3,(H,22,24)/t11-,13-,14+,16-,17+/m0/s1. The zero-order valence-corrected chi connectivity index (χ0v) is 15.8. The molecule has 7 heteroatoms. The van der Waals surface area contributed by atoms with E-state index in [1.165, 1.54) is 0 Å². The summed E-state index contributed by atoms with van der Waals surface area (Å²) in [6.45, 7) is 3.57. The molecule has 146 valence electrons. The quantitative estimate of drug-likeness (QED) is 0.478. The predicted octanol–water partition coefficient (Wildman–Crippen LogP) is 2.00. The van der Waals surface area contributed by atoms with E-state index in [9.17, 15) is 19.2 Å². The van der Waals surface area contributed by atoms with Gasteiger partial charge in [0.05, 0.1) is 24.0 Å². The van der Waals surface area contributed by atoms with Crippen LogP contribution in [0.5, 0.6) is 0 Å². The van der Waals surface area contributed by atoms with Crippen molar-refractivity contribution >= 4 is 29.4 Å². The topological polar surface area (TPSA) is 92.8 Å². The Bertz CT molecular complexity index is 845. The van der Waals surface area contributed by atoms with Crippen molar-refractivity contribution in [3.8, 4) is 0 Å². The van der Waals surface area contributed by atoms with Crippen molar-refractivity contribution in [2.24, 2.45) is 23.7 Å². The van der Waals surface area contributed by atoms with Gasteiger partial charge in [0.15, 0.2) is 0 Å². The first-order valence-corrected chi connectivity index (χ1v) is 9.55. The van der Waals surface area contributed by atoms with Gasteiger partial charge in [0.25, 0.3) is 0 Å². The van der Waals surface area contributed by atoms with Crippen molar-refractivity contribution in [2.75, 3.05) is 11.9 Å². The smallest absolute Gasteiger partial charge is 0.338 e. The maximum Gasteiger partial charge on any atom is 0.338 e. The molecule has 3 amide bonds. The van der Waals surface area contributed by atoms with E-state index in [1.54, 1.807) is 38.1 Å². The van der Waals surface area contributed by atoms with Gasteiger partial charge in [-0.15, -0.1) is 0 Å². The zero-order valence-electron chi connectivity index (χ0n) is 15.8. The Morgan fingerprint density at radius 1 is 1.11 bits per heavy atom. The number of hydrogen-bond acceptors (Lipinski definition) is 5. The van der Waals surface area contributed by atoms with Gasteiger partial charge in [-0.2, -0.15) is 0 Å². The van der Waals surface area contributed by atoms with Gasteiger partial charge in [-0.1, -0.05) is 12.2 Å². The molecule has 0 spiro atoms. The molecule has 1 heterocycles. The first-order valence-electron chi connectivity index (χ1n) is 9.55. The largest absolute Gasteiger partial charge is 0.462 e. The third kappa shape index (κ3) is 2.82. The molecule has 1 saturated heterocycles. The summed E-state index contributed by atoms with van der Waals surface area (Å²) in [6, 6.07) is 5.39. The molecule has 1 aromatic carbocycles. The number of amides is 3. The number of carbonyl (C=O) groups is 4. The Morgan fingerprint density at radius 3 is 2.21 bits per heavy atom. The average Bonchev–Trinajstić information content (AvgIpc) is 3.36. The molecule has 1 aromatic rings. The van der Waals surface area contributed by atoms with Crippen molar-refractivity contribution in [3.63, 3.8) is 0 Å². The van der Waals surface area contributed by atoms with Crippen LogP contribution in [0.4, 0.5) is 5.69 Å². The fraction of sp³-hybridized carbons (Fsp3) is 0.429. The van der Waals surface area contributed by atoms with Crippen molar-refractivity contribution in [1.82, 2.24) is 4.90 Å². The lowest BCUT2D eigenvalue weighted by atomic mass is 9.85. The van der Waals surface area contributed by atoms with Crippen LogP contribution < -0.4 is 5.32 Å². The minimum Gasteiger partial charge on any atom is -0.462 e. The number of imide groups is 1.